The first-order valence-corrected chi connectivity index (χ1v) is 19.6. The maximum absolute atomic E-state index is 13.6. The summed E-state index contributed by atoms with van der Waals surface area (Å²) in [5, 5.41) is 0.604. The standard InChI is InChI=1S/C42H53ClN4O4/c1-26(48)33-13-14-34-31-12-10-28-24-30(16-18-41(28,3)35(31)17-19-42(33,34)4)51-40(49)50-27(2)47-37-9-7-6-8-32(37)39(46-22-20-45(5)21-23-46)44-36-25-29(43)11-15-38(36)47/h6-11,15,25,27,30-31,33-35H,12-14,16-24H2,1-5H3. The summed E-state index contributed by atoms with van der Waals surface area (Å²) in [5.74, 6) is 3.40. The number of hydrogen-bond acceptors (Lipinski definition) is 8. The smallest absolute Gasteiger partial charge is 0.431 e. The van der Waals surface area contributed by atoms with Crippen molar-refractivity contribution in [1.29, 1.82) is 0 Å². The third kappa shape index (κ3) is 5.98. The fraction of sp³-hybridized carbons (Fsp3) is 0.595. The SMILES string of the molecule is CC(=O)C1CCC2C3CC=C4CC(OC(=O)OC(C)N5c6ccc(Cl)cc6N=C(N6CCN(C)CC6)c6ccccc65)CCC4(C)C3CCC12C. The lowest BCUT2D eigenvalue weighted by Crippen LogP contribution is -2.51. The molecule has 3 saturated carbocycles. The van der Waals surface area contributed by atoms with Crippen molar-refractivity contribution >= 4 is 46.4 Å². The number of rotatable bonds is 4. The Morgan fingerprint density at radius 3 is 2.53 bits per heavy atom. The highest BCUT2D eigenvalue weighted by molar-refractivity contribution is 6.31. The van der Waals surface area contributed by atoms with Crippen LogP contribution in [0.1, 0.15) is 84.6 Å². The summed E-state index contributed by atoms with van der Waals surface area (Å²) in [4.78, 5) is 38.1. The third-order valence-electron chi connectivity index (χ3n) is 14.1. The van der Waals surface area contributed by atoms with E-state index in [1.54, 1.807) is 6.92 Å². The van der Waals surface area contributed by atoms with E-state index in [4.69, 9.17) is 26.1 Å². The minimum atomic E-state index is -0.661. The quantitative estimate of drug-likeness (QED) is 0.231. The van der Waals surface area contributed by atoms with E-state index in [9.17, 15) is 9.59 Å². The van der Waals surface area contributed by atoms with E-state index < -0.39 is 12.4 Å². The maximum atomic E-state index is 13.6. The predicted octanol–water partition coefficient (Wildman–Crippen LogP) is 9.15. The zero-order chi connectivity index (χ0) is 35.7. The molecule has 2 aromatic carbocycles. The van der Waals surface area contributed by atoms with Crippen LogP contribution < -0.4 is 4.90 Å². The van der Waals surface area contributed by atoms with Gasteiger partial charge < -0.3 is 24.2 Å². The van der Waals surface area contributed by atoms with E-state index in [1.807, 2.05) is 42.2 Å². The number of carbonyl (C=O) groups excluding carboxylic acids is 2. The molecular weight excluding hydrogens is 660 g/mol. The molecule has 272 valence electrons. The Hall–Kier alpha value is -3.36. The number of piperazine rings is 1. The van der Waals surface area contributed by atoms with Crippen LogP contribution in [0.4, 0.5) is 21.9 Å². The van der Waals surface area contributed by atoms with Crippen molar-refractivity contribution in [2.24, 2.45) is 39.5 Å². The van der Waals surface area contributed by atoms with E-state index >= 15 is 0 Å². The third-order valence-corrected chi connectivity index (χ3v) is 14.3. The van der Waals surface area contributed by atoms with Gasteiger partial charge in [-0.3, -0.25) is 4.79 Å². The molecule has 0 spiro atoms. The van der Waals surface area contributed by atoms with Crippen LogP contribution in [0.2, 0.25) is 5.02 Å². The molecule has 51 heavy (non-hydrogen) atoms. The average molecular weight is 713 g/mol. The number of ether oxygens (including phenoxy) is 2. The van der Waals surface area contributed by atoms with E-state index in [2.05, 4.69) is 48.9 Å². The van der Waals surface area contributed by atoms with E-state index in [0.29, 0.717) is 28.6 Å². The normalized spacial score (nSPS) is 33.6. The number of halogens is 1. The number of fused-ring (bicyclic) bond motifs is 7. The van der Waals surface area contributed by atoms with Crippen molar-refractivity contribution < 1.29 is 19.1 Å². The Bertz CT molecular complexity index is 1770. The molecular formula is C42H53ClN4O4. The number of nitrogens with zero attached hydrogens (tertiary/aromatic N) is 4. The van der Waals surface area contributed by atoms with Crippen LogP contribution in [0.3, 0.4) is 0 Å². The lowest BCUT2D eigenvalue weighted by Gasteiger charge is -2.58. The van der Waals surface area contributed by atoms with Crippen LogP contribution in [0.15, 0.2) is 59.1 Å². The topological polar surface area (TPSA) is 74.7 Å². The molecule has 0 amide bonds. The lowest BCUT2D eigenvalue weighted by atomic mass is 9.47. The first kappa shape index (κ1) is 34.7. The average Bonchev–Trinajstić information content (AvgIpc) is 3.39. The van der Waals surface area contributed by atoms with Crippen molar-refractivity contribution in [1.82, 2.24) is 9.80 Å². The molecule has 2 aliphatic heterocycles. The van der Waals surface area contributed by atoms with Gasteiger partial charge >= 0.3 is 6.16 Å². The molecule has 2 heterocycles. The van der Waals surface area contributed by atoms with Gasteiger partial charge in [-0.2, -0.15) is 0 Å². The summed E-state index contributed by atoms with van der Waals surface area (Å²) in [7, 11) is 2.15. The van der Waals surface area contributed by atoms with E-state index in [-0.39, 0.29) is 22.9 Å². The summed E-state index contributed by atoms with van der Waals surface area (Å²) in [5.41, 5.74) is 5.20. The fourth-order valence-electron chi connectivity index (χ4n) is 11.4. The summed E-state index contributed by atoms with van der Waals surface area (Å²) in [6, 6.07) is 13.9. The number of hydrogen-bond donors (Lipinski definition) is 0. The number of anilines is 2. The van der Waals surface area contributed by atoms with Gasteiger partial charge in [0.1, 0.15) is 17.7 Å². The van der Waals surface area contributed by atoms with Gasteiger partial charge in [-0.15, -0.1) is 0 Å². The molecule has 0 N–H and O–H groups in total. The predicted molar refractivity (Wildman–Crippen MR) is 202 cm³/mol. The fourth-order valence-corrected chi connectivity index (χ4v) is 11.5. The molecule has 8 rings (SSSR count). The number of likely N-dealkylation sites (N-methyl/N-ethyl adjacent to an activating group) is 1. The van der Waals surface area contributed by atoms with Crippen molar-refractivity contribution in [2.45, 2.75) is 91.4 Å². The van der Waals surface area contributed by atoms with Crippen LogP contribution in [-0.4, -0.2) is 73.1 Å². The first-order chi connectivity index (χ1) is 24.5. The van der Waals surface area contributed by atoms with Gasteiger partial charge in [0.15, 0.2) is 6.23 Å². The summed E-state index contributed by atoms with van der Waals surface area (Å²) in [6.07, 6.45) is 9.20. The van der Waals surface area contributed by atoms with Gasteiger partial charge in [0, 0.05) is 49.1 Å². The van der Waals surface area contributed by atoms with Gasteiger partial charge in [0.25, 0.3) is 0 Å². The van der Waals surface area contributed by atoms with Gasteiger partial charge in [-0.05, 0) is 125 Å². The van der Waals surface area contributed by atoms with Crippen LogP contribution >= 0.6 is 11.6 Å². The molecule has 8 atom stereocenters. The highest BCUT2D eigenvalue weighted by Gasteiger charge is 2.59. The summed E-state index contributed by atoms with van der Waals surface area (Å²) in [6.45, 7) is 12.2. The molecule has 0 radical (unpaired) electrons. The number of allylic oxidation sites excluding steroid dienone is 1. The van der Waals surface area contributed by atoms with Crippen molar-refractivity contribution in [2.75, 3.05) is 38.1 Å². The number of para-hydroxylation sites is 1. The van der Waals surface area contributed by atoms with E-state index in [0.717, 1.165) is 93.2 Å². The minimum absolute atomic E-state index is 0.123. The zero-order valence-corrected chi connectivity index (χ0v) is 31.6. The Morgan fingerprint density at radius 2 is 1.75 bits per heavy atom. The van der Waals surface area contributed by atoms with E-state index in [1.165, 1.54) is 18.4 Å². The Labute approximate surface area is 308 Å². The minimum Gasteiger partial charge on any atom is -0.431 e. The van der Waals surface area contributed by atoms with Crippen molar-refractivity contribution in [3.8, 4) is 0 Å². The van der Waals surface area contributed by atoms with Gasteiger partial charge in [-0.1, -0.05) is 49.2 Å². The summed E-state index contributed by atoms with van der Waals surface area (Å²) < 4.78 is 12.3. The Balaban J connectivity index is 0.983. The molecule has 8 unspecified atom stereocenters. The Morgan fingerprint density at radius 1 is 0.961 bits per heavy atom. The number of amidine groups is 1. The molecule has 4 aliphatic carbocycles. The number of Topliss-reactive ketones (excluding diaryl/α,β-unsaturated/α-hetero) is 1. The molecule has 9 heteroatoms. The number of carbonyl (C=O) groups is 2. The van der Waals surface area contributed by atoms with Crippen LogP contribution in [0, 0.1) is 34.5 Å². The lowest BCUT2D eigenvalue weighted by molar-refractivity contribution is -0.127. The number of ketones is 1. The van der Waals surface area contributed by atoms with Gasteiger partial charge in [-0.25, -0.2) is 9.79 Å². The summed E-state index contributed by atoms with van der Waals surface area (Å²) >= 11 is 6.53. The van der Waals surface area contributed by atoms with Gasteiger partial charge in [0.05, 0.1) is 17.1 Å². The van der Waals surface area contributed by atoms with Gasteiger partial charge in [0.2, 0.25) is 0 Å². The largest absolute Gasteiger partial charge is 0.510 e. The molecule has 8 nitrogen and oxygen atoms in total. The highest BCUT2D eigenvalue weighted by atomic mass is 35.5. The zero-order valence-electron chi connectivity index (χ0n) is 30.9. The molecule has 0 bridgehead atoms. The molecule has 6 aliphatic rings. The number of benzene rings is 2. The second-order valence-electron chi connectivity index (χ2n) is 16.7. The van der Waals surface area contributed by atoms with Crippen molar-refractivity contribution in [3.05, 3.63) is 64.7 Å². The van der Waals surface area contributed by atoms with Crippen LogP contribution in [-0.2, 0) is 14.3 Å². The first-order valence-electron chi connectivity index (χ1n) is 19.2. The maximum Gasteiger partial charge on any atom is 0.510 e. The van der Waals surface area contributed by atoms with Crippen LogP contribution in [0.25, 0.3) is 0 Å². The highest BCUT2D eigenvalue weighted by Crippen LogP contribution is 2.66. The monoisotopic (exact) mass is 712 g/mol. The van der Waals surface area contributed by atoms with Crippen LogP contribution in [0.5, 0.6) is 0 Å². The Kier molecular flexibility index (Phi) is 9.02. The molecule has 1 saturated heterocycles. The van der Waals surface area contributed by atoms with Crippen molar-refractivity contribution in [3.63, 3.8) is 0 Å². The molecule has 2 aromatic rings. The number of aliphatic imine (C=N–C) groups is 1. The molecule has 0 aromatic heterocycles. The second-order valence-corrected chi connectivity index (χ2v) is 17.2. The second kappa shape index (κ2) is 13.2. The molecule has 4 fully saturated rings.